The molecule has 0 aliphatic carbocycles. The Morgan fingerprint density at radius 1 is 1.08 bits per heavy atom. The molecule has 1 atom stereocenters. The van der Waals surface area contributed by atoms with Crippen molar-refractivity contribution in [3.63, 3.8) is 0 Å². The van der Waals surface area contributed by atoms with E-state index in [0.29, 0.717) is 0 Å². The van der Waals surface area contributed by atoms with Gasteiger partial charge in [0.2, 0.25) is 0 Å². The van der Waals surface area contributed by atoms with Gasteiger partial charge < -0.3 is 4.90 Å². The van der Waals surface area contributed by atoms with Crippen molar-refractivity contribution in [1.82, 2.24) is 14.1 Å². The first kappa shape index (κ1) is 9.77. The molecule has 2 saturated heterocycles. The van der Waals surface area contributed by atoms with Crippen LogP contribution in [0.3, 0.4) is 0 Å². The zero-order chi connectivity index (χ0) is 9.26. The van der Waals surface area contributed by atoms with E-state index in [0.717, 1.165) is 6.04 Å². The number of nitrogens with zero attached hydrogens (tertiary/aromatic N) is 3. The Hall–Kier alpha value is 0.230. The Balaban J connectivity index is 1.91. The minimum absolute atomic E-state index is 0.778. The summed E-state index contributed by atoms with van der Waals surface area (Å²) in [6, 6.07) is 0.778. The summed E-state index contributed by atoms with van der Waals surface area (Å²) < 4.78 is 2.49. The van der Waals surface area contributed by atoms with Gasteiger partial charge in [-0.15, -0.1) is 0 Å². The van der Waals surface area contributed by atoms with Crippen LogP contribution in [-0.2, 0) is 0 Å². The van der Waals surface area contributed by atoms with Gasteiger partial charge in [-0.2, -0.15) is 0 Å². The SMILES string of the molecule is CSN1CCN2CCN(C)CC2C1. The molecule has 2 rings (SSSR count). The zero-order valence-electron chi connectivity index (χ0n) is 8.57. The molecule has 0 radical (unpaired) electrons. The maximum atomic E-state index is 2.65. The largest absolute Gasteiger partial charge is 0.303 e. The second kappa shape index (κ2) is 4.17. The Morgan fingerprint density at radius 2 is 1.85 bits per heavy atom. The van der Waals surface area contributed by atoms with Crippen molar-refractivity contribution in [3.05, 3.63) is 0 Å². The Labute approximate surface area is 85.2 Å². The van der Waals surface area contributed by atoms with Gasteiger partial charge in [-0.3, -0.25) is 4.90 Å². The Kier molecular flexibility index (Phi) is 3.14. The summed E-state index contributed by atoms with van der Waals surface area (Å²) in [5, 5.41) is 0. The molecule has 0 N–H and O–H groups in total. The second-order valence-corrected chi connectivity index (χ2v) is 4.90. The first-order valence-electron chi connectivity index (χ1n) is 5.01. The maximum absolute atomic E-state index is 2.65. The van der Waals surface area contributed by atoms with Crippen LogP contribution in [0.1, 0.15) is 0 Å². The first-order valence-corrected chi connectivity index (χ1v) is 6.19. The highest BCUT2D eigenvalue weighted by atomic mass is 32.2. The van der Waals surface area contributed by atoms with Crippen molar-refractivity contribution < 1.29 is 0 Å². The lowest BCUT2D eigenvalue weighted by Gasteiger charge is -2.45. The maximum Gasteiger partial charge on any atom is 0.0360 e. The van der Waals surface area contributed by atoms with E-state index in [2.05, 4.69) is 27.4 Å². The highest BCUT2D eigenvalue weighted by Crippen LogP contribution is 2.18. The van der Waals surface area contributed by atoms with Crippen molar-refractivity contribution in [1.29, 1.82) is 0 Å². The minimum atomic E-state index is 0.778. The monoisotopic (exact) mass is 201 g/mol. The molecule has 2 heterocycles. The smallest absolute Gasteiger partial charge is 0.0360 e. The van der Waals surface area contributed by atoms with E-state index in [-0.39, 0.29) is 0 Å². The third kappa shape index (κ3) is 2.18. The fourth-order valence-electron chi connectivity index (χ4n) is 2.25. The van der Waals surface area contributed by atoms with Crippen molar-refractivity contribution in [2.45, 2.75) is 6.04 Å². The quantitative estimate of drug-likeness (QED) is 0.560. The van der Waals surface area contributed by atoms with E-state index in [1.54, 1.807) is 0 Å². The summed E-state index contributed by atoms with van der Waals surface area (Å²) in [4.78, 5) is 5.09. The molecule has 0 bridgehead atoms. The van der Waals surface area contributed by atoms with Crippen LogP contribution in [0.5, 0.6) is 0 Å². The van der Waals surface area contributed by atoms with Gasteiger partial charge in [0.05, 0.1) is 0 Å². The van der Waals surface area contributed by atoms with Gasteiger partial charge in [0.25, 0.3) is 0 Å². The van der Waals surface area contributed by atoms with Crippen LogP contribution >= 0.6 is 11.9 Å². The van der Waals surface area contributed by atoms with Gasteiger partial charge in [0.15, 0.2) is 0 Å². The molecule has 0 aromatic rings. The lowest BCUT2D eigenvalue weighted by molar-refractivity contribution is 0.0496. The summed E-state index contributed by atoms with van der Waals surface area (Å²) >= 11 is 1.89. The zero-order valence-corrected chi connectivity index (χ0v) is 9.39. The van der Waals surface area contributed by atoms with Crippen LogP contribution in [0.25, 0.3) is 0 Å². The third-order valence-electron chi connectivity index (χ3n) is 3.12. The molecular weight excluding hydrogens is 182 g/mol. The highest BCUT2D eigenvalue weighted by molar-refractivity contribution is 7.96. The first-order chi connectivity index (χ1) is 6.29. The molecule has 2 fully saturated rings. The standard InChI is InChI=1S/C9H19N3S/c1-10-3-4-11-5-6-12(13-2)8-9(11)7-10/h9H,3-8H2,1-2H3. The predicted octanol–water partition coefficient (Wildman–Crippen LogP) is 0.196. The minimum Gasteiger partial charge on any atom is -0.303 e. The lowest BCUT2D eigenvalue weighted by atomic mass is 10.1. The number of hydrogen-bond acceptors (Lipinski definition) is 4. The molecule has 0 aromatic carbocycles. The van der Waals surface area contributed by atoms with Crippen LogP contribution in [0, 0.1) is 0 Å². The lowest BCUT2D eigenvalue weighted by Crippen LogP contribution is -2.59. The molecule has 4 heteroatoms. The van der Waals surface area contributed by atoms with E-state index >= 15 is 0 Å². The summed E-state index contributed by atoms with van der Waals surface area (Å²) in [5.74, 6) is 0. The normalized spacial score (nSPS) is 33.2. The predicted molar refractivity (Wildman–Crippen MR) is 57.9 cm³/mol. The van der Waals surface area contributed by atoms with Gasteiger partial charge in [0.1, 0.15) is 0 Å². The van der Waals surface area contributed by atoms with Gasteiger partial charge in [-0.1, -0.05) is 11.9 Å². The topological polar surface area (TPSA) is 9.72 Å². The number of hydrogen-bond donors (Lipinski definition) is 0. The molecule has 3 nitrogen and oxygen atoms in total. The fourth-order valence-corrected chi connectivity index (χ4v) is 2.83. The molecule has 13 heavy (non-hydrogen) atoms. The van der Waals surface area contributed by atoms with E-state index in [1.165, 1.54) is 39.3 Å². The number of piperazine rings is 2. The van der Waals surface area contributed by atoms with Gasteiger partial charge in [0, 0.05) is 45.3 Å². The van der Waals surface area contributed by atoms with Crippen molar-refractivity contribution in [2.75, 3.05) is 52.6 Å². The van der Waals surface area contributed by atoms with Crippen LogP contribution in [0.15, 0.2) is 0 Å². The van der Waals surface area contributed by atoms with E-state index in [4.69, 9.17) is 0 Å². The average molecular weight is 201 g/mol. The van der Waals surface area contributed by atoms with Crippen molar-refractivity contribution in [2.24, 2.45) is 0 Å². The average Bonchev–Trinajstić information content (AvgIpc) is 2.16. The van der Waals surface area contributed by atoms with E-state index < -0.39 is 0 Å². The fraction of sp³-hybridized carbons (Fsp3) is 1.00. The summed E-state index contributed by atoms with van der Waals surface area (Å²) in [5.41, 5.74) is 0. The molecular formula is C9H19N3S. The summed E-state index contributed by atoms with van der Waals surface area (Å²) in [7, 11) is 2.23. The summed E-state index contributed by atoms with van der Waals surface area (Å²) in [6.07, 6.45) is 2.18. The second-order valence-electron chi connectivity index (χ2n) is 4.02. The van der Waals surface area contributed by atoms with Crippen LogP contribution < -0.4 is 0 Å². The van der Waals surface area contributed by atoms with Crippen molar-refractivity contribution >= 4 is 11.9 Å². The number of likely N-dealkylation sites (N-methyl/N-ethyl adjacent to an activating group) is 1. The molecule has 1 unspecified atom stereocenters. The van der Waals surface area contributed by atoms with Crippen LogP contribution in [-0.4, -0.2) is 72.7 Å². The Morgan fingerprint density at radius 3 is 2.62 bits per heavy atom. The van der Waals surface area contributed by atoms with Gasteiger partial charge in [-0.05, 0) is 13.3 Å². The molecule has 2 aliphatic rings. The molecule has 0 spiro atoms. The van der Waals surface area contributed by atoms with Gasteiger partial charge in [-0.25, -0.2) is 4.31 Å². The number of rotatable bonds is 1. The molecule has 76 valence electrons. The summed E-state index contributed by atoms with van der Waals surface area (Å²) in [6.45, 7) is 7.50. The molecule has 2 aliphatic heterocycles. The molecule has 0 amide bonds. The van der Waals surface area contributed by atoms with E-state index in [1.807, 2.05) is 11.9 Å². The van der Waals surface area contributed by atoms with Crippen LogP contribution in [0.2, 0.25) is 0 Å². The number of fused-ring (bicyclic) bond motifs is 1. The molecule has 0 aromatic heterocycles. The van der Waals surface area contributed by atoms with Gasteiger partial charge >= 0.3 is 0 Å². The van der Waals surface area contributed by atoms with Crippen molar-refractivity contribution in [3.8, 4) is 0 Å². The van der Waals surface area contributed by atoms with Crippen LogP contribution in [0.4, 0.5) is 0 Å². The highest BCUT2D eigenvalue weighted by Gasteiger charge is 2.30. The Bertz CT molecular complexity index is 176. The molecule has 0 saturated carbocycles. The van der Waals surface area contributed by atoms with E-state index in [9.17, 15) is 0 Å². The third-order valence-corrected chi connectivity index (χ3v) is 3.96.